The SMILES string of the molecule is Cn1c(=O)c2nc(C3OC(C)(C)OC3c3ccccc3)cnc2n(C)c1=O. The standard InChI is InChI=1S/C19H20N4O4/c1-19(2)26-14(11-8-6-5-7-9-11)15(27-19)12-10-20-16-13(21-12)17(24)23(4)18(25)22(16)3/h5-10,14-15H,1-4H3. The van der Waals surface area contributed by atoms with Crippen LogP contribution in [0.25, 0.3) is 11.2 Å². The van der Waals surface area contributed by atoms with E-state index in [2.05, 4.69) is 9.97 Å². The molecule has 3 heterocycles. The van der Waals surface area contributed by atoms with Gasteiger partial charge in [0.15, 0.2) is 17.0 Å². The molecular weight excluding hydrogens is 348 g/mol. The third kappa shape index (κ3) is 2.87. The van der Waals surface area contributed by atoms with Gasteiger partial charge in [-0.1, -0.05) is 30.3 Å². The Morgan fingerprint density at radius 1 is 1.00 bits per heavy atom. The van der Waals surface area contributed by atoms with Crippen LogP contribution in [-0.4, -0.2) is 24.9 Å². The van der Waals surface area contributed by atoms with Gasteiger partial charge in [-0.05, 0) is 19.4 Å². The first kappa shape index (κ1) is 17.6. The van der Waals surface area contributed by atoms with Crippen molar-refractivity contribution in [3.63, 3.8) is 0 Å². The van der Waals surface area contributed by atoms with Crippen LogP contribution in [0.4, 0.5) is 0 Å². The second kappa shape index (κ2) is 6.11. The summed E-state index contributed by atoms with van der Waals surface area (Å²) < 4.78 is 14.5. The Balaban J connectivity index is 1.88. The molecule has 0 bridgehead atoms. The molecule has 8 heteroatoms. The van der Waals surface area contributed by atoms with Crippen molar-refractivity contribution in [2.45, 2.75) is 31.8 Å². The van der Waals surface area contributed by atoms with Crippen LogP contribution in [0.1, 0.15) is 37.3 Å². The minimum atomic E-state index is -0.809. The van der Waals surface area contributed by atoms with Gasteiger partial charge in [-0.3, -0.25) is 13.9 Å². The molecule has 2 atom stereocenters. The molecule has 140 valence electrons. The van der Waals surface area contributed by atoms with E-state index in [9.17, 15) is 9.59 Å². The van der Waals surface area contributed by atoms with E-state index in [1.165, 1.54) is 17.8 Å². The highest BCUT2D eigenvalue weighted by Gasteiger charge is 2.44. The fourth-order valence-electron chi connectivity index (χ4n) is 3.35. The monoisotopic (exact) mass is 368 g/mol. The van der Waals surface area contributed by atoms with Crippen molar-refractivity contribution >= 4 is 11.2 Å². The average Bonchev–Trinajstić information content (AvgIpc) is 3.00. The lowest BCUT2D eigenvalue weighted by Crippen LogP contribution is -2.38. The molecule has 0 saturated carbocycles. The molecule has 0 N–H and O–H groups in total. The Labute approximate surface area is 155 Å². The Morgan fingerprint density at radius 3 is 2.37 bits per heavy atom. The van der Waals surface area contributed by atoms with Crippen molar-refractivity contribution < 1.29 is 9.47 Å². The fourth-order valence-corrected chi connectivity index (χ4v) is 3.35. The summed E-state index contributed by atoms with van der Waals surface area (Å²) in [6.07, 6.45) is 0.623. The Bertz CT molecular complexity index is 1130. The topological polar surface area (TPSA) is 88.2 Å². The summed E-state index contributed by atoms with van der Waals surface area (Å²) in [5, 5.41) is 0. The molecule has 0 spiro atoms. The van der Waals surface area contributed by atoms with Gasteiger partial charge in [0.05, 0.1) is 11.9 Å². The van der Waals surface area contributed by atoms with Crippen molar-refractivity contribution in [3.8, 4) is 0 Å². The minimum absolute atomic E-state index is 0.122. The minimum Gasteiger partial charge on any atom is -0.339 e. The van der Waals surface area contributed by atoms with Crippen molar-refractivity contribution in [2.75, 3.05) is 0 Å². The molecule has 0 aliphatic carbocycles. The summed E-state index contributed by atoms with van der Waals surface area (Å²) in [5.74, 6) is -0.809. The van der Waals surface area contributed by atoms with Gasteiger partial charge in [0.2, 0.25) is 0 Å². The number of fused-ring (bicyclic) bond motifs is 1. The lowest BCUT2D eigenvalue weighted by molar-refractivity contribution is -0.147. The Morgan fingerprint density at radius 2 is 1.67 bits per heavy atom. The average molecular weight is 368 g/mol. The number of ether oxygens (including phenoxy) is 2. The normalized spacial score (nSPS) is 21.6. The molecule has 2 aromatic heterocycles. The quantitative estimate of drug-likeness (QED) is 0.683. The maximum Gasteiger partial charge on any atom is 0.332 e. The Hall–Kier alpha value is -2.84. The highest BCUT2D eigenvalue weighted by Crippen LogP contribution is 2.46. The van der Waals surface area contributed by atoms with E-state index in [0.29, 0.717) is 5.69 Å². The summed E-state index contributed by atoms with van der Waals surface area (Å²) in [6.45, 7) is 3.67. The molecule has 1 aromatic carbocycles. The number of hydrogen-bond acceptors (Lipinski definition) is 6. The van der Waals surface area contributed by atoms with E-state index >= 15 is 0 Å². The van der Waals surface area contributed by atoms with E-state index in [4.69, 9.17) is 9.47 Å². The molecule has 3 aromatic rings. The van der Waals surface area contributed by atoms with E-state index in [1.807, 2.05) is 44.2 Å². The molecule has 0 amide bonds. The first-order valence-corrected chi connectivity index (χ1v) is 8.62. The zero-order valence-electron chi connectivity index (χ0n) is 15.5. The number of aromatic nitrogens is 4. The largest absolute Gasteiger partial charge is 0.339 e. The van der Waals surface area contributed by atoms with Crippen LogP contribution in [0.5, 0.6) is 0 Å². The lowest BCUT2D eigenvalue weighted by atomic mass is 10.0. The number of aryl methyl sites for hydroxylation is 1. The van der Waals surface area contributed by atoms with E-state index < -0.39 is 23.1 Å². The maximum absolute atomic E-state index is 12.5. The predicted octanol–water partition coefficient (Wildman–Crippen LogP) is 1.59. The molecular formula is C19H20N4O4. The van der Waals surface area contributed by atoms with Crippen LogP contribution in [0.3, 0.4) is 0 Å². The zero-order valence-corrected chi connectivity index (χ0v) is 15.5. The summed E-state index contributed by atoms with van der Waals surface area (Å²) in [4.78, 5) is 33.4. The van der Waals surface area contributed by atoms with Crippen LogP contribution in [0, 0.1) is 0 Å². The Kier molecular flexibility index (Phi) is 3.97. The molecule has 1 aliphatic heterocycles. The second-order valence-electron chi connectivity index (χ2n) is 7.06. The first-order valence-electron chi connectivity index (χ1n) is 8.62. The zero-order chi connectivity index (χ0) is 19.3. The van der Waals surface area contributed by atoms with E-state index in [0.717, 1.165) is 10.1 Å². The van der Waals surface area contributed by atoms with Crippen molar-refractivity contribution in [1.82, 2.24) is 19.1 Å². The molecule has 8 nitrogen and oxygen atoms in total. The summed E-state index contributed by atoms with van der Waals surface area (Å²) in [6, 6.07) is 9.70. The van der Waals surface area contributed by atoms with Gasteiger partial charge in [-0.15, -0.1) is 0 Å². The van der Waals surface area contributed by atoms with Crippen molar-refractivity contribution in [2.24, 2.45) is 14.1 Å². The smallest absolute Gasteiger partial charge is 0.332 e. The van der Waals surface area contributed by atoms with E-state index in [-0.39, 0.29) is 17.3 Å². The molecule has 1 saturated heterocycles. The van der Waals surface area contributed by atoms with Crippen molar-refractivity contribution in [1.29, 1.82) is 0 Å². The highest BCUT2D eigenvalue weighted by atomic mass is 16.8. The highest BCUT2D eigenvalue weighted by molar-refractivity contribution is 5.68. The maximum atomic E-state index is 12.5. The molecule has 0 radical (unpaired) electrons. The molecule has 4 rings (SSSR count). The molecule has 27 heavy (non-hydrogen) atoms. The number of hydrogen-bond donors (Lipinski definition) is 0. The van der Waals surface area contributed by atoms with Gasteiger partial charge in [-0.25, -0.2) is 14.8 Å². The van der Waals surface area contributed by atoms with Crippen LogP contribution in [0.2, 0.25) is 0 Å². The van der Waals surface area contributed by atoms with Crippen LogP contribution in [0.15, 0.2) is 46.1 Å². The number of rotatable bonds is 2. The number of benzene rings is 1. The summed E-state index contributed by atoms with van der Waals surface area (Å²) >= 11 is 0. The van der Waals surface area contributed by atoms with Gasteiger partial charge in [0, 0.05) is 14.1 Å². The second-order valence-corrected chi connectivity index (χ2v) is 7.06. The van der Waals surface area contributed by atoms with Gasteiger partial charge >= 0.3 is 5.69 Å². The molecule has 2 unspecified atom stereocenters. The van der Waals surface area contributed by atoms with Crippen LogP contribution in [-0.2, 0) is 23.6 Å². The van der Waals surface area contributed by atoms with Crippen LogP contribution < -0.4 is 11.2 Å². The predicted molar refractivity (Wildman–Crippen MR) is 98.2 cm³/mol. The van der Waals surface area contributed by atoms with Gasteiger partial charge in [0.1, 0.15) is 12.2 Å². The van der Waals surface area contributed by atoms with Gasteiger partial charge in [-0.2, -0.15) is 0 Å². The molecule has 1 fully saturated rings. The fraction of sp³-hybridized carbons (Fsp3) is 0.368. The first-order chi connectivity index (χ1) is 12.8. The lowest BCUT2D eigenvalue weighted by Gasteiger charge is -2.17. The third-order valence-corrected chi connectivity index (χ3v) is 4.69. The summed E-state index contributed by atoms with van der Waals surface area (Å²) in [5.41, 5.74) is 0.856. The van der Waals surface area contributed by atoms with Crippen molar-refractivity contribution in [3.05, 3.63) is 68.6 Å². The third-order valence-electron chi connectivity index (χ3n) is 4.69. The van der Waals surface area contributed by atoms with E-state index in [1.54, 1.807) is 7.05 Å². The van der Waals surface area contributed by atoms with Gasteiger partial charge in [0.25, 0.3) is 5.56 Å². The number of nitrogens with zero attached hydrogens (tertiary/aromatic N) is 4. The van der Waals surface area contributed by atoms with Crippen LogP contribution >= 0.6 is 0 Å². The van der Waals surface area contributed by atoms with Gasteiger partial charge < -0.3 is 9.47 Å². The molecule has 1 aliphatic rings. The summed E-state index contributed by atoms with van der Waals surface area (Å²) in [7, 11) is 2.98.